The van der Waals surface area contributed by atoms with E-state index in [4.69, 9.17) is 16.7 Å². The molecule has 104 valence electrons. The second kappa shape index (κ2) is 5.88. The van der Waals surface area contributed by atoms with Crippen molar-refractivity contribution in [3.8, 4) is 0 Å². The van der Waals surface area contributed by atoms with Crippen LogP contribution in [0.25, 0.3) is 0 Å². The Kier molecular flexibility index (Phi) is 4.20. The molecule has 20 heavy (non-hydrogen) atoms. The van der Waals surface area contributed by atoms with Gasteiger partial charge >= 0.3 is 5.97 Å². The standard InChI is InChI=1S/C14H14ClN3O2/c1-8(2)12-11(13(19)20)7-16-14(18-12)17-10-5-3-4-9(15)6-10/h3-8H,1-2H3,(H,19,20)(H,16,17,18). The number of aromatic nitrogens is 2. The SMILES string of the molecule is CC(C)c1nc(Nc2cccc(Cl)c2)ncc1C(=O)O. The van der Waals surface area contributed by atoms with E-state index in [1.807, 2.05) is 19.9 Å². The van der Waals surface area contributed by atoms with Crippen molar-refractivity contribution in [3.63, 3.8) is 0 Å². The molecule has 0 atom stereocenters. The van der Waals surface area contributed by atoms with Crippen molar-refractivity contribution in [1.29, 1.82) is 0 Å². The molecule has 0 saturated heterocycles. The fourth-order valence-corrected chi connectivity index (χ4v) is 1.95. The average Bonchev–Trinajstić information content (AvgIpc) is 2.38. The Labute approximate surface area is 121 Å². The Morgan fingerprint density at radius 1 is 1.40 bits per heavy atom. The highest BCUT2D eigenvalue weighted by Gasteiger charge is 2.16. The topological polar surface area (TPSA) is 75.1 Å². The van der Waals surface area contributed by atoms with Crippen LogP contribution in [0, 0.1) is 0 Å². The van der Waals surface area contributed by atoms with E-state index in [0.29, 0.717) is 16.7 Å². The normalized spacial score (nSPS) is 10.6. The number of carboxylic acid groups (broad SMARTS) is 1. The summed E-state index contributed by atoms with van der Waals surface area (Å²) in [5, 5.41) is 12.7. The molecular formula is C14H14ClN3O2. The van der Waals surface area contributed by atoms with Crippen LogP contribution >= 0.6 is 11.6 Å². The van der Waals surface area contributed by atoms with Gasteiger partial charge in [0.1, 0.15) is 0 Å². The number of rotatable bonds is 4. The summed E-state index contributed by atoms with van der Waals surface area (Å²) in [4.78, 5) is 19.4. The Morgan fingerprint density at radius 2 is 2.15 bits per heavy atom. The zero-order valence-electron chi connectivity index (χ0n) is 11.1. The van der Waals surface area contributed by atoms with Crippen molar-refractivity contribution in [2.75, 3.05) is 5.32 Å². The van der Waals surface area contributed by atoms with Crippen molar-refractivity contribution >= 4 is 29.2 Å². The molecule has 5 nitrogen and oxygen atoms in total. The van der Waals surface area contributed by atoms with Gasteiger partial charge in [-0.25, -0.2) is 14.8 Å². The number of halogens is 1. The van der Waals surface area contributed by atoms with Crippen molar-refractivity contribution < 1.29 is 9.90 Å². The Bertz CT molecular complexity index is 644. The summed E-state index contributed by atoms with van der Waals surface area (Å²) in [5.74, 6) is -0.687. The van der Waals surface area contributed by atoms with Gasteiger partial charge in [0, 0.05) is 16.9 Å². The van der Waals surface area contributed by atoms with Gasteiger partial charge in [0.25, 0.3) is 0 Å². The number of hydrogen-bond donors (Lipinski definition) is 2. The summed E-state index contributed by atoms with van der Waals surface area (Å²) in [6, 6.07) is 7.14. The molecule has 1 aromatic carbocycles. The van der Waals surface area contributed by atoms with E-state index in [0.717, 1.165) is 5.69 Å². The van der Waals surface area contributed by atoms with E-state index in [9.17, 15) is 4.79 Å². The third-order valence-corrected chi connectivity index (χ3v) is 2.91. The third kappa shape index (κ3) is 3.24. The highest BCUT2D eigenvalue weighted by molar-refractivity contribution is 6.30. The maximum Gasteiger partial charge on any atom is 0.339 e. The van der Waals surface area contributed by atoms with Crippen LogP contribution in [0.4, 0.5) is 11.6 Å². The molecule has 0 bridgehead atoms. The highest BCUT2D eigenvalue weighted by Crippen LogP contribution is 2.21. The van der Waals surface area contributed by atoms with Crippen molar-refractivity contribution in [2.24, 2.45) is 0 Å². The van der Waals surface area contributed by atoms with Gasteiger partial charge in [0.15, 0.2) is 0 Å². The molecule has 0 aliphatic carbocycles. The molecule has 0 amide bonds. The first-order chi connectivity index (χ1) is 9.47. The number of hydrogen-bond acceptors (Lipinski definition) is 4. The quantitative estimate of drug-likeness (QED) is 0.898. The Hall–Kier alpha value is -2.14. The smallest absolute Gasteiger partial charge is 0.339 e. The lowest BCUT2D eigenvalue weighted by atomic mass is 10.1. The molecule has 0 aliphatic rings. The first-order valence-corrected chi connectivity index (χ1v) is 6.48. The van der Waals surface area contributed by atoms with Crippen LogP contribution in [-0.2, 0) is 0 Å². The van der Waals surface area contributed by atoms with Gasteiger partial charge in [0.05, 0.1) is 11.3 Å². The molecule has 0 radical (unpaired) electrons. The molecule has 1 heterocycles. The van der Waals surface area contributed by atoms with Crippen LogP contribution in [0.3, 0.4) is 0 Å². The first kappa shape index (κ1) is 14.3. The number of carbonyl (C=O) groups is 1. The molecule has 2 rings (SSSR count). The van der Waals surface area contributed by atoms with Crippen LogP contribution in [-0.4, -0.2) is 21.0 Å². The van der Waals surface area contributed by atoms with E-state index in [1.54, 1.807) is 18.2 Å². The number of nitrogens with zero attached hydrogens (tertiary/aromatic N) is 2. The fraction of sp³-hybridized carbons (Fsp3) is 0.214. The lowest BCUT2D eigenvalue weighted by molar-refractivity contribution is 0.0694. The lowest BCUT2D eigenvalue weighted by Crippen LogP contribution is -2.10. The summed E-state index contributed by atoms with van der Waals surface area (Å²) >= 11 is 5.90. The van der Waals surface area contributed by atoms with Gasteiger partial charge in [-0.2, -0.15) is 0 Å². The van der Waals surface area contributed by atoms with Crippen molar-refractivity contribution in [2.45, 2.75) is 19.8 Å². The molecule has 6 heteroatoms. The van der Waals surface area contributed by atoms with Gasteiger partial charge in [-0.15, -0.1) is 0 Å². The first-order valence-electron chi connectivity index (χ1n) is 6.10. The van der Waals surface area contributed by atoms with Crippen LogP contribution < -0.4 is 5.32 Å². The molecular weight excluding hydrogens is 278 g/mol. The predicted molar refractivity (Wildman–Crippen MR) is 77.8 cm³/mol. The maximum atomic E-state index is 11.1. The van der Waals surface area contributed by atoms with Gasteiger partial charge < -0.3 is 10.4 Å². The summed E-state index contributed by atoms with van der Waals surface area (Å²) in [5.41, 5.74) is 1.36. The molecule has 1 aromatic heterocycles. The van der Waals surface area contributed by atoms with Crippen molar-refractivity contribution in [3.05, 3.63) is 46.7 Å². The van der Waals surface area contributed by atoms with Crippen LogP contribution in [0.1, 0.15) is 35.8 Å². The summed E-state index contributed by atoms with van der Waals surface area (Å²) < 4.78 is 0. The van der Waals surface area contributed by atoms with Gasteiger partial charge in [0.2, 0.25) is 5.95 Å². The van der Waals surface area contributed by atoms with Gasteiger partial charge in [-0.1, -0.05) is 31.5 Å². The third-order valence-electron chi connectivity index (χ3n) is 2.68. The molecule has 0 aliphatic heterocycles. The Balaban J connectivity index is 2.34. The maximum absolute atomic E-state index is 11.1. The predicted octanol–water partition coefficient (Wildman–Crippen LogP) is 3.70. The zero-order valence-corrected chi connectivity index (χ0v) is 11.8. The van der Waals surface area contributed by atoms with Crippen LogP contribution in [0.15, 0.2) is 30.5 Å². The van der Waals surface area contributed by atoms with E-state index in [2.05, 4.69) is 15.3 Å². The second-order valence-electron chi connectivity index (χ2n) is 4.59. The van der Waals surface area contributed by atoms with Crippen LogP contribution in [0.5, 0.6) is 0 Å². The largest absolute Gasteiger partial charge is 0.478 e. The number of anilines is 2. The number of nitrogens with one attached hydrogen (secondary N) is 1. The number of aromatic carboxylic acids is 1. The summed E-state index contributed by atoms with van der Waals surface area (Å²) in [7, 11) is 0. The summed E-state index contributed by atoms with van der Waals surface area (Å²) in [6.45, 7) is 3.77. The van der Waals surface area contributed by atoms with Crippen LogP contribution in [0.2, 0.25) is 5.02 Å². The van der Waals surface area contributed by atoms with Crippen molar-refractivity contribution in [1.82, 2.24) is 9.97 Å². The highest BCUT2D eigenvalue weighted by atomic mass is 35.5. The Morgan fingerprint density at radius 3 is 2.75 bits per heavy atom. The average molecular weight is 292 g/mol. The van der Waals surface area contributed by atoms with E-state index in [-0.39, 0.29) is 11.5 Å². The minimum Gasteiger partial charge on any atom is -0.478 e. The van der Waals surface area contributed by atoms with Gasteiger partial charge in [-0.3, -0.25) is 0 Å². The molecule has 0 fully saturated rings. The molecule has 0 unspecified atom stereocenters. The summed E-state index contributed by atoms with van der Waals surface area (Å²) in [6.07, 6.45) is 1.32. The fourth-order valence-electron chi connectivity index (χ4n) is 1.76. The molecule has 0 saturated carbocycles. The minimum absolute atomic E-state index is 0.0102. The lowest BCUT2D eigenvalue weighted by Gasteiger charge is -2.11. The number of benzene rings is 1. The molecule has 2 aromatic rings. The van der Waals surface area contributed by atoms with E-state index < -0.39 is 5.97 Å². The van der Waals surface area contributed by atoms with Gasteiger partial charge in [-0.05, 0) is 24.1 Å². The molecule has 0 spiro atoms. The second-order valence-corrected chi connectivity index (χ2v) is 5.02. The van der Waals surface area contributed by atoms with E-state index in [1.165, 1.54) is 6.20 Å². The zero-order chi connectivity index (χ0) is 14.7. The monoisotopic (exact) mass is 291 g/mol. The molecule has 2 N–H and O–H groups in total. The number of carboxylic acids is 1. The van der Waals surface area contributed by atoms with E-state index >= 15 is 0 Å². The minimum atomic E-state index is -1.02.